The van der Waals surface area contributed by atoms with Crippen LogP contribution in [0.1, 0.15) is 31.8 Å². The Hall–Kier alpha value is -2.41. The Morgan fingerprint density at radius 3 is 2.36 bits per heavy atom. The largest absolute Gasteiger partial charge is 0.506 e. The number of aryl methyl sites for hydroxylation is 2. The second-order valence-corrected chi connectivity index (χ2v) is 6.47. The maximum atomic E-state index is 13.5. The summed E-state index contributed by atoms with van der Waals surface area (Å²) >= 11 is 3.19. The van der Waals surface area contributed by atoms with Crippen LogP contribution < -0.4 is 10.6 Å². The molecule has 2 aromatic carbocycles. The van der Waals surface area contributed by atoms with Gasteiger partial charge in [-0.05, 0) is 65.2 Å². The van der Waals surface area contributed by atoms with Crippen LogP contribution in [-0.4, -0.2) is 30.0 Å². The second kappa shape index (κ2) is 8.11. The van der Waals surface area contributed by atoms with E-state index in [-0.39, 0.29) is 30.0 Å². The normalized spacial score (nSPS) is 10.4. The van der Waals surface area contributed by atoms with Crippen molar-refractivity contribution in [1.82, 2.24) is 10.6 Å². The first-order valence-corrected chi connectivity index (χ1v) is 8.40. The number of hydrogen-bond donors (Lipinski definition) is 3. The minimum Gasteiger partial charge on any atom is -0.506 e. The van der Waals surface area contributed by atoms with Crippen LogP contribution in [0.15, 0.2) is 34.8 Å². The average molecular weight is 409 g/mol. The standard InChI is InChI=1S/C18H18BrFN2O3/c1-10-7-13(16(23)14(19)8-10)18(25)22-6-5-21-17(24)12-4-3-11(2)15(20)9-12/h3-4,7-9,23H,5-6H2,1-2H3,(H,21,24)(H,22,25). The average Bonchev–Trinajstić information content (AvgIpc) is 2.56. The van der Waals surface area contributed by atoms with Crippen molar-refractivity contribution in [3.63, 3.8) is 0 Å². The van der Waals surface area contributed by atoms with Gasteiger partial charge in [0.25, 0.3) is 11.8 Å². The second-order valence-electron chi connectivity index (χ2n) is 5.62. The Kier molecular flexibility index (Phi) is 6.14. The van der Waals surface area contributed by atoms with Gasteiger partial charge in [0.2, 0.25) is 0 Å². The molecule has 0 heterocycles. The molecule has 0 spiro atoms. The Morgan fingerprint density at radius 2 is 1.72 bits per heavy atom. The lowest BCUT2D eigenvalue weighted by Gasteiger charge is -2.10. The van der Waals surface area contributed by atoms with Gasteiger partial charge < -0.3 is 15.7 Å². The van der Waals surface area contributed by atoms with E-state index in [0.717, 1.165) is 5.56 Å². The van der Waals surface area contributed by atoms with Gasteiger partial charge in [-0.3, -0.25) is 9.59 Å². The molecule has 0 aliphatic rings. The van der Waals surface area contributed by atoms with Gasteiger partial charge in [0.1, 0.15) is 11.6 Å². The molecule has 5 nitrogen and oxygen atoms in total. The molecule has 2 rings (SSSR count). The Bertz CT molecular complexity index is 824. The highest BCUT2D eigenvalue weighted by atomic mass is 79.9. The van der Waals surface area contributed by atoms with Crippen molar-refractivity contribution < 1.29 is 19.1 Å². The summed E-state index contributed by atoms with van der Waals surface area (Å²) in [6, 6.07) is 7.51. The third-order valence-electron chi connectivity index (χ3n) is 3.58. The number of phenolic OH excluding ortho intramolecular Hbond substituents is 1. The third kappa shape index (κ3) is 4.79. The summed E-state index contributed by atoms with van der Waals surface area (Å²) in [5, 5.41) is 15.1. The highest BCUT2D eigenvalue weighted by Gasteiger charge is 2.14. The number of halogens is 2. The van der Waals surface area contributed by atoms with Crippen LogP contribution in [0.5, 0.6) is 5.75 Å². The van der Waals surface area contributed by atoms with Crippen molar-refractivity contribution in [3.05, 3.63) is 62.9 Å². The number of benzene rings is 2. The van der Waals surface area contributed by atoms with Crippen molar-refractivity contribution in [2.45, 2.75) is 13.8 Å². The highest BCUT2D eigenvalue weighted by Crippen LogP contribution is 2.29. The van der Waals surface area contributed by atoms with E-state index < -0.39 is 17.6 Å². The summed E-state index contributed by atoms with van der Waals surface area (Å²) in [6.45, 7) is 3.77. The van der Waals surface area contributed by atoms with Crippen molar-refractivity contribution in [2.24, 2.45) is 0 Å². The van der Waals surface area contributed by atoms with Crippen molar-refractivity contribution in [1.29, 1.82) is 0 Å². The van der Waals surface area contributed by atoms with E-state index >= 15 is 0 Å². The van der Waals surface area contributed by atoms with Gasteiger partial charge in [0.15, 0.2) is 0 Å². The summed E-state index contributed by atoms with van der Waals surface area (Å²) in [5.41, 5.74) is 1.66. The number of rotatable bonds is 5. The zero-order chi connectivity index (χ0) is 18.6. The predicted molar refractivity (Wildman–Crippen MR) is 96.3 cm³/mol. The van der Waals surface area contributed by atoms with E-state index in [1.807, 2.05) is 6.92 Å². The van der Waals surface area contributed by atoms with E-state index in [1.54, 1.807) is 19.1 Å². The first kappa shape index (κ1) is 18.9. The third-order valence-corrected chi connectivity index (χ3v) is 4.19. The molecule has 0 aromatic heterocycles. The SMILES string of the molecule is Cc1cc(Br)c(O)c(C(=O)NCCNC(=O)c2ccc(C)c(F)c2)c1. The zero-order valence-electron chi connectivity index (χ0n) is 13.8. The minimum absolute atomic E-state index is 0.137. The summed E-state index contributed by atoms with van der Waals surface area (Å²) < 4.78 is 13.9. The first-order valence-electron chi connectivity index (χ1n) is 7.61. The van der Waals surface area contributed by atoms with E-state index in [4.69, 9.17) is 0 Å². The number of nitrogens with one attached hydrogen (secondary N) is 2. The van der Waals surface area contributed by atoms with Gasteiger partial charge in [-0.25, -0.2) is 4.39 Å². The molecule has 2 amide bonds. The number of carbonyl (C=O) groups is 2. The Labute approximate surface area is 153 Å². The molecule has 0 bridgehead atoms. The van der Waals surface area contributed by atoms with E-state index in [2.05, 4.69) is 26.6 Å². The molecule has 0 aliphatic carbocycles. The molecule has 0 atom stereocenters. The van der Waals surface area contributed by atoms with Crippen molar-refractivity contribution in [3.8, 4) is 5.75 Å². The summed E-state index contributed by atoms with van der Waals surface area (Å²) in [4.78, 5) is 24.0. The number of amides is 2. The summed E-state index contributed by atoms with van der Waals surface area (Å²) in [5.74, 6) is -1.45. The van der Waals surface area contributed by atoms with Gasteiger partial charge in [0, 0.05) is 18.7 Å². The molecule has 0 fully saturated rings. The van der Waals surface area contributed by atoms with Crippen LogP contribution >= 0.6 is 15.9 Å². The highest BCUT2D eigenvalue weighted by molar-refractivity contribution is 9.10. The lowest BCUT2D eigenvalue weighted by atomic mass is 10.1. The van der Waals surface area contributed by atoms with Crippen LogP contribution in [-0.2, 0) is 0 Å². The molecule has 2 aromatic rings. The molecular formula is C18H18BrFN2O3. The number of carbonyl (C=O) groups excluding carboxylic acids is 2. The maximum absolute atomic E-state index is 13.5. The van der Waals surface area contributed by atoms with E-state index in [1.165, 1.54) is 18.2 Å². The molecule has 0 aliphatic heterocycles. The number of phenols is 1. The van der Waals surface area contributed by atoms with Crippen LogP contribution in [0, 0.1) is 19.7 Å². The van der Waals surface area contributed by atoms with Gasteiger partial charge >= 0.3 is 0 Å². The van der Waals surface area contributed by atoms with Gasteiger partial charge in [-0.1, -0.05) is 6.07 Å². The molecule has 0 radical (unpaired) electrons. The molecule has 0 saturated heterocycles. The fraction of sp³-hybridized carbons (Fsp3) is 0.222. The zero-order valence-corrected chi connectivity index (χ0v) is 15.4. The van der Waals surface area contributed by atoms with Crippen molar-refractivity contribution in [2.75, 3.05) is 13.1 Å². The van der Waals surface area contributed by atoms with E-state index in [9.17, 15) is 19.1 Å². The summed E-state index contributed by atoms with van der Waals surface area (Å²) in [7, 11) is 0. The molecule has 132 valence electrons. The molecule has 0 saturated carbocycles. The van der Waals surface area contributed by atoms with Gasteiger partial charge in [-0.15, -0.1) is 0 Å². The molecule has 0 unspecified atom stereocenters. The molecule has 25 heavy (non-hydrogen) atoms. The first-order chi connectivity index (χ1) is 11.8. The van der Waals surface area contributed by atoms with E-state index in [0.29, 0.717) is 10.0 Å². The fourth-order valence-corrected chi connectivity index (χ4v) is 2.77. The minimum atomic E-state index is -0.447. The van der Waals surface area contributed by atoms with Crippen LogP contribution in [0.2, 0.25) is 0 Å². The monoisotopic (exact) mass is 408 g/mol. The van der Waals surface area contributed by atoms with Gasteiger partial charge in [0.05, 0.1) is 10.0 Å². The van der Waals surface area contributed by atoms with Crippen LogP contribution in [0.25, 0.3) is 0 Å². The van der Waals surface area contributed by atoms with Gasteiger partial charge in [-0.2, -0.15) is 0 Å². The quantitative estimate of drug-likeness (QED) is 0.665. The smallest absolute Gasteiger partial charge is 0.255 e. The molecular weight excluding hydrogens is 391 g/mol. The molecule has 7 heteroatoms. The maximum Gasteiger partial charge on any atom is 0.255 e. The predicted octanol–water partition coefficient (Wildman–Crippen LogP) is 3.07. The summed E-state index contributed by atoms with van der Waals surface area (Å²) in [6.07, 6.45) is 0. The molecule has 3 N–H and O–H groups in total. The number of hydrogen-bond acceptors (Lipinski definition) is 3. The number of aromatic hydroxyl groups is 1. The van der Waals surface area contributed by atoms with Crippen LogP contribution in [0.3, 0.4) is 0 Å². The lowest BCUT2D eigenvalue weighted by Crippen LogP contribution is -2.34. The fourth-order valence-electron chi connectivity index (χ4n) is 2.19. The topological polar surface area (TPSA) is 78.4 Å². The Morgan fingerprint density at radius 1 is 1.08 bits per heavy atom. The van der Waals surface area contributed by atoms with Crippen molar-refractivity contribution >= 4 is 27.7 Å². The lowest BCUT2D eigenvalue weighted by molar-refractivity contribution is 0.0926. The van der Waals surface area contributed by atoms with Crippen LogP contribution in [0.4, 0.5) is 4.39 Å². The Balaban J connectivity index is 1.87.